The van der Waals surface area contributed by atoms with E-state index in [1.807, 2.05) is 0 Å². The fourth-order valence-corrected chi connectivity index (χ4v) is 5.61. The van der Waals surface area contributed by atoms with Crippen molar-refractivity contribution in [2.45, 2.75) is 82.4 Å². The third-order valence-corrected chi connectivity index (χ3v) is 6.79. The summed E-state index contributed by atoms with van der Waals surface area (Å²) in [6.45, 7) is 3.32. The van der Waals surface area contributed by atoms with Crippen LogP contribution in [0.1, 0.15) is 69.8 Å². The number of carbonyl (C=O) groups is 1. The lowest BCUT2D eigenvalue weighted by atomic mass is 9.75. The normalized spacial score (nSPS) is 35.5. The van der Waals surface area contributed by atoms with Gasteiger partial charge in [-0.2, -0.15) is 0 Å². The summed E-state index contributed by atoms with van der Waals surface area (Å²) in [5, 5.41) is 0. The van der Waals surface area contributed by atoms with E-state index in [1.165, 1.54) is 31.2 Å². The van der Waals surface area contributed by atoms with Gasteiger partial charge in [0, 0.05) is 18.5 Å². The molecule has 3 heteroatoms. The summed E-state index contributed by atoms with van der Waals surface area (Å²) < 4.78 is 6.17. The van der Waals surface area contributed by atoms with E-state index in [4.69, 9.17) is 4.74 Å². The quantitative estimate of drug-likeness (QED) is 0.754. The number of esters is 1. The van der Waals surface area contributed by atoms with Crippen LogP contribution in [0.4, 0.5) is 0 Å². The lowest BCUT2D eigenvalue weighted by Gasteiger charge is -2.35. The van der Waals surface area contributed by atoms with Gasteiger partial charge in [0.2, 0.25) is 0 Å². The zero-order valence-corrected chi connectivity index (χ0v) is 15.4. The van der Waals surface area contributed by atoms with E-state index in [9.17, 15) is 4.79 Å². The van der Waals surface area contributed by atoms with Crippen LogP contribution < -0.4 is 0 Å². The average Bonchev–Trinajstić information content (AvgIpc) is 2.85. The minimum absolute atomic E-state index is 0.0479. The summed E-state index contributed by atoms with van der Waals surface area (Å²) in [6, 6.07) is 11.7. The van der Waals surface area contributed by atoms with Gasteiger partial charge in [-0.15, -0.1) is 0 Å². The summed E-state index contributed by atoms with van der Waals surface area (Å²) in [4.78, 5) is 15.7. The Hall–Kier alpha value is -1.35. The van der Waals surface area contributed by atoms with E-state index in [0.717, 1.165) is 32.2 Å². The van der Waals surface area contributed by atoms with Crippen LogP contribution in [0, 0.1) is 5.92 Å². The van der Waals surface area contributed by atoms with E-state index >= 15 is 0 Å². The van der Waals surface area contributed by atoms with Crippen molar-refractivity contribution in [2.24, 2.45) is 5.92 Å². The van der Waals surface area contributed by atoms with Crippen LogP contribution in [0.15, 0.2) is 30.3 Å². The van der Waals surface area contributed by atoms with E-state index < -0.39 is 0 Å². The molecule has 0 N–H and O–H groups in total. The second-order valence-electron chi connectivity index (χ2n) is 8.10. The van der Waals surface area contributed by atoms with Crippen LogP contribution in [-0.4, -0.2) is 35.6 Å². The highest BCUT2D eigenvalue weighted by Gasteiger charge is 2.45. The molecule has 4 rings (SSSR count). The molecule has 1 aromatic rings. The van der Waals surface area contributed by atoms with Gasteiger partial charge in [-0.3, -0.25) is 9.69 Å². The smallest absolute Gasteiger partial charge is 0.309 e. The van der Waals surface area contributed by atoms with Crippen LogP contribution in [0.5, 0.6) is 0 Å². The second kappa shape index (κ2) is 7.49. The van der Waals surface area contributed by atoms with Crippen molar-refractivity contribution in [2.75, 3.05) is 6.54 Å². The molecule has 2 heterocycles. The van der Waals surface area contributed by atoms with Crippen molar-refractivity contribution in [1.29, 1.82) is 0 Å². The van der Waals surface area contributed by atoms with Gasteiger partial charge in [0.05, 0.1) is 5.92 Å². The van der Waals surface area contributed by atoms with Gasteiger partial charge < -0.3 is 4.74 Å². The zero-order chi connectivity index (χ0) is 17.2. The van der Waals surface area contributed by atoms with Crippen molar-refractivity contribution < 1.29 is 9.53 Å². The number of benzene rings is 1. The Balaban J connectivity index is 1.46. The summed E-state index contributed by atoms with van der Waals surface area (Å²) in [6.07, 6.45) is 9.39. The number of carbonyl (C=O) groups excluding carboxylic acids is 1. The number of likely N-dealkylation sites (N-methyl/N-ethyl adjacent to an activating group) is 1. The van der Waals surface area contributed by atoms with E-state index in [0.29, 0.717) is 18.0 Å². The molecule has 2 aliphatic heterocycles. The fraction of sp³-hybridized carbons (Fsp3) is 0.682. The standard InChI is InChI=1S/C22H31NO2/c1-2-23-17-11-8-14-20(23)21(15-17)25-22(24)19-13-7-6-12-18(19)16-9-4-3-5-10-16/h3-5,9-10,17-21H,2,6-8,11-15H2,1H3/t17-,18?,19?,20+,21+/m0/s1. The Morgan fingerprint density at radius 3 is 2.64 bits per heavy atom. The Labute approximate surface area is 151 Å². The number of piperidine rings is 1. The summed E-state index contributed by atoms with van der Waals surface area (Å²) in [5.74, 6) is 0.458. The molecule has 3 fully saturated rings. The van der Waals surface area contributed by atoms with Crippen LogP contribution in [0.25, 0.3) is 0 Å². The number of rotatable bonds is 4. The molecule has 0 spiro atoms. The molecule has 136 valence electrons. The van der Waals surface area contributed by atoms with Gasteiger partial charge in [0.25, 0.3) is 0 Å². The molecule has 0 radical (unpaired) electrons. The molecule has 0 aromatic heterocycles. The first-order valence-electron chi connectivity index (χ1n) is 10.3. The van der Waals surface area contributed by atoms with Crippen molar-refractivity contribution in [3.8, 4) is 0 Å². The fourth-order valence-electron chi connectivity index (χ4n) is 5.61. The van der Waals surface area contributed by atoms with Crippen LogP contribution >= 0.6 is 0 Å². The van der Waals surface area contributed by atoms with Crippen molar-refractivity contribution in [3.63, 3.8) is 0 Å². The van der Waals surface area contributed by atoms with Crippen LogP contribution in [0.2, 0.25) is 0 Å². The Morgan fingerprint density at radius 1 is 1.08 bits per heavy atom. The van der Waals surface area contributed by atoms with Gasteiger partial charge in [-0.1, -0.05) is 56.5 Å². The Kier molecular flexibility index (Phi) is 5.12. The van der Waals surface area contributed by atoms with Crippen LogP contribution in [0.3, 0.4) is 0 Å². The SMILES string of the molecule is CCN1[C@H]2CCC[C@@H]1[C@H](OC(=O)C1CCCCC1c1ccccc1)C2. The highest BCUT2D eigenvalue weighted by Crippen LogP contribution is 2.41. The molecule has 2 unspecified atom stereocenters. The molecular formula is C22H31NO2. The maximum absolute atomic E-state index is 13.1. The van der Waals surface area contributed by atoms with Crippen molar-refractivity contribution >= 4 is 5.97 Å². The van der Waals surface area contributed by atoms with Crippen molar-refractivity contribution in [1.82, 2.24) is 4.90 Å². The topological polar surface area (TPSA) is 29.5 Å². The number of fused-ring (bicyclic) bond motifs is 2. The lowest BCUT2D eigenvalue weighted by molar-refractivity contribution is -0.157. The van der Waals surface area contributed by atoms with E-state index in [2.05, 4.69) is 42.2 Å². The highest BCUT2D eigenvalue weighted by molar-refractivity contribution is 5.74. The molecular weight excluding hydrogens is 310 g/mol. The molecule has 2 bridgehead atoms. The Bertz CT molecular complexity index is 587. The maximum Gasteiger partial charge on any atom is 0.309 e. The van der Waals surface area contributed by atoms with E-state index in [-0.39, 0.29) is 18.0 Å². The van der Waals surface area contributed by atoms with Gasteiger partial charge in [-0.25, -0.2) is 0 Å². The number of nitrogens with zero attached hydrogens (tertiary/aromatic N) is 1. The Morgan fingerprint density at radius 2 is 1.88 bits per heavy atom. The van der Waals surface area contributed by atoms with E-state index in [1.54, 1.807) is 0 Å². The summed E-state index contributed by atoms with van der Waals surface area (Å²) in [5.41, 5.74) is 1.31. The summed E-state index contributed by atoms with van der Waals surface area (Å²) in [7, 11) is 0. The largest absolute Gasteiger partial charge is 0.460 e. The molecule has 2 saturated heterocycles. The lowest BCUT2D eigenvalue weighted by Crippen LogP contribution is -2.43. The molecule has 1 aromatic carbocycles. The third kappa shape index (κ3) is 3.36. The molecule has 3 nitrogen and oxygen atoms in total. The molecule has 1 aliphatic carbocycles. The molecule has 1 saturated carbocycles. The second-order valence-corrected chi connectivity index (χ2v) is 8.10. The third-order valence-electron chi connectivity index (χ3n) is 6.79. The first kappa shape index (κ1) is 17.1. The van der Waals surface area contributed by atoms with Gasteiger partial charge in [0.15, 0.2) is 0 Å². The number of hydrogen-bond acceptors (Lipinski definition) is 3. The average molecular weight is 341 g/mol. The first-order chi connectivity index (χ1) is 12.3. The minimum Gasteiger partial charge on any atom is -0.460 e. The molecule has 3 aliphatic rings. The van der Waals surface area contributed by atoms with Gasteiger partial charge in [0.1, 0.15) is 6.10 Å². The van der Waals surface area contributed by atoms with Gasteiger partial charge in [-0.05, 0) is 43.7 Å². The van der Waals surface area contributed by atoms with Gasteiger partial charge >= 0.3 is 5.97 Å². The highest BCUT2D eigenvalue weighted by atomic mass is 16.5. The monoisotopic (exact) mass is 341 g/mol. The molecule has 25 heavy (non-hydrogen) atoms. The molecule has 0 amide bonds. The predicted octanol–water partition coefficient (Wildman–Crippen LogP) is 4.52. The first-order valence-corrected chi connectivity index (χ1v) is 10.3. The maximum atomic E-state index is 13.1. The minimum atomic E-state index is 0.0479. The summed E-state index contributed by atoms with van der Waals surface area (Å²) >= 11 is 0. The number of ether oxygens (including phenoxy) is 1. The van der Waals surface area contributed by atoms with Crippen LogP contribution in [-0.2, 0) is 9.53 Å². The number of hydrogen-bond donors (Lipinski definition) is 0. The zero-order valence-electron chi connectivity index (χ0n) is 15.4. The molecule has 5 atom stereocenters. The van der Waals surface area contributed by atoms with Crippen molar-refractivity contribution in [3.05, 3.63) is 35.9 Å². The predicted molar refractivity (Wildman–Crippen MR) is 99.4 cm³/mol.